The Morgan fingerprint density at radius 2 is 1.79 bits per heavy atom. The number of piperazine rings is 1. The van der Waals surface area contributed by atoms with Gasteiger partial charge in [0.2, 0.25) is 0 Å². The predicted octanol–water partition coefficient (Wildman–Crippen LogP) is 2.95. The first-order valence-corrected chi connectivity index (χ1v) is 9.18. The van der Waals surface area contributed by atoms with Crippen molar-refractivity contribution in [2.45, 2.75) is 19.3 Å². The number of rotatable bonds is 4. The number of hydrogen-bond donors (Lipinski definition) is 1. The summed E-state index contributed by atoms with van der Waals surface area (Å²) in [7, 11) is 3.13. The van der Waals surface area contributed by atoms with E-state index in [4.69, 9.17) is 0 Å². The number of nitrogens with zero attached hydrogens (tertiary/aromatic N) is 5. The third-order valence-corrected chi connectivity index (χ3v) is 4.74. The Balaban J connectivity index is 0.00000300. The smallest absolute Gasteiger partial charge is 0.352 e. The summed E-state index contributed by atoms with van der Waals surface area (Å²) in [6.07, 6.45) is -3.08. The van der Waals surface area contributed by atoms with Crippen LogP contribution in [-0.4, -0.2) is 58.8 Å². The maximum atomic E-state index is 13.1. The minimum Gasteiger partial charge on any atom is -0.352 e. The molecule has 1 N–H and O–H groups in total. The van der Waals surface area contributed by atoms with Gasteiger partial charge in [-0.05, 0) is 5.56 Å². The molecular weight excluding hydrogens is 496 g/mol. The fraction of sp³-hybridized carbons (Fsp3) is 0.474. The molecule has 0 saturated carbocycles. The highest BCUT2D eigenvalue weighted by molar-refractivity contribution is 14.0. The van der Waals surface area contributed by atoms with Gasteiger partial charge >= 0.3 is 6.18 Å². The van der Waals surface area contributed by atoms with Crippen LogP contribution in [0.2, 0.25) is 0 Å². The van der Waals surface area contributed by atoms with Crippen LogP contribution in [0.3, 0.4) is 0 Å². The zero-order valence-corrected chi connectivity index (χ0v) is 18.8. The lowest BCUT2D eigenvalue weighted by atomic mass is 10.2. The SMILES string of the molecule is CN=C(NCc1cn(C)nc1C(F)(F)F)N1CCN(Cc2ccccc2)CC1.I. The van der Waals surface area contributed by atoms with Gasteiger partial charge < -0.3 is 10.2 Å². The monoisotopic (exact) mass is 522 g/mol. The quantitative estimate of drug-likeness (QED) is 0.382. The maximum Gasteiger partial charge on any atom is 0.435 e. The molecular formula is C19H26F3IN6. The Hall–Kier alpha value is -1.82. The molecule has 0 bridgehead atoms. The second-order valence-electron chi connectivity index (χ2n) is 6.82. The molecule has 2 aromatic rings. The highest BCUT2D eigenvalue weighted by Crippen LogP contribution is 2.30. The molecule has 1 aromatic carbocycles. The third kappa shape index (κ3) is 6.33. The normalized spacial score (nSPS) is 15.9. The van der Waals surface area contributed by atoms with E-state index >= 15 is 0 Å². The Kier molecular flexibility index (Phi) is 8.32. The van der Waals surface area contributed by atoms with Crippen molar-refractivity contribution in [3.8, 4) is 0 Å². The van der Waals surface area contributed by atoms with Crippen LogP contribution < -0.4 is 5.32 Å². The zero-order valence-electron chi connectivity index (χ0n) is 16.5. The Labute approximate surface area is 185 Å². The average molecular weight is 522 g/mol. The fourth-order valence-electron chi connectivity index (χ4n) is 3.37. The molecule has 3 rings (SSSR count). The van der Waals surface area contributed by atoms with Crippen LogP contribution in [0.15, 0.2) is 41.5 Å². The molecule has 1 saturated heterocycles. The van der Waals surface area contributed by atoms with E-state index in [0.29, 0.717) is 5.96 Å². The number of halogens is 4. The minimum absolute atomic E-state index is 0. The van der Waals surface area contributed by atoms with E-state index in [-0.39, 0.29) is 36.1 Å². The molecule has 0 aliphatic carbocycles. The van der Waals surface area contributed by atoms with E-state index in [1.165, 1.54) is 23.5 Å². The molecule has 1 aromatic heterocycles. The van der Waals surface area contributed by atoms with Gasteiger partial charge in [-0.2, -0.15) is 18.3 Å². The van der Waals surface area contributed by atoms with E-state index in [9.17, 15) is 13.2 Å². The minimum atomic E-state index is -4.47. The van der Waals surface area contributed by atoms with E-state index < -0.39 is 11.9 Å². The summed E-state index contributed by atoms with van der Waals surface area (Å²) in [6, 6.07) is 10.3. The van der Waals surface area contributed by atoms with Gasteiger partial charge in [-0.15, -0.1) is 24.0 Å². The number of benzene rings is 1. The number of aromatic nitrogens is 2. The van der Waals surface area contributed by atoms with Gasteiger partial charge in [0.1, 0.15) is 0 Å². The summed E-state index contributed by atoms with van der Waals surface area (Å²) in [5, 5.41) is 6.59. The van der Waals surface area contributed by atoms with Crippen molar-refractivity contribution in [3.63, 3.8) is 0 Å². The average Bonchev–Trinajstić information content (AvgIpc) is 3.05. The molecule has 0 spiro atoms. The zero-order chi connectivity index (χ0) is 20.1. The number of aliphatic imine (C=N–C) groups is 1. The Bertz CT molecular complexity index is 798. The fourth-order valence-corrected chi connectivity index (χ4v) is 3.37. The summed E-state index contributed by atoms with van der Waals surface area (Å²) in [5.74, 6) is 0.608. The standard InChI is InChI=1S/C19H25F3N6.HI/c1-23-18(24-12-16-14-26(2)25-17(16)19(20,21)22)28-10-8-27(9-11-28)13-15-6-4-3-5-7-15;/h3-7,14H,8-13H2,1-2H3,(H,23,24);1H. The third-order valence-electron chi connectivity index (χ3n) is 4.74. The van der Waals surface area contributed by atoms with Crippen LogP contribution in [0.4, 0.5) is 13.2 Å². The van der Waals surface area contributed by atoms with E-state index in [1.807, 2.05) is 18.2 Å². The lowest BCUT2D eigenvalue weighted by Crippen LogP contribution is -2.52. The molecule has 1 fully saturated rings. The molecule has 160 valence electrons. The molecule has 0 atom stereocenters. The largest absolute Gasteiger partial charge is 0.435 e. The van der Waals surface area contributed by atoms with Gasteiger partial charge in [0.25, 0.3) is 0 Å². The van der Waals surface area contributed by atoms with Crippen molar-refractivity contribution in [3.05, 3.63) is 53.3 Å². The van der Waals surface area contributed by atoms with Crippen LogP contribution in [0.25, 0.3) is 0 Å². The number of alkyl halides is 3. The van der Waals surface area contributed by atoms with Gasteiger partial charge in [-0.3, -0.25) is 14.6 Å². The molecule has 0 amide bonds. The predicted molar refractivity (Wildman–Crippen MR) is 117 cm³/mol. The molecule has 0 unspecified atom stereocenters. The second-order valence-corrected chi connectivity index (χ2v) is 6.82. The first kappa shape index (κ1) is 23.5. The highest BCUT2D eigenvalue weighted by atomic mass is 127. The molecule has 1 aliphatic heterocycles. The van der Waals surface area contributed by atoms with Gasteiger partial charge in [-0.25, -0.2) is 0 Å². The molecule has 0 radical (unpaired) electrons. The van der Waals surface area contributed by atoms with Crippen LogP contribution in [0.5, 0.6) is 0 Å². The molecule has 2 heterocycles. The molecule has 1 aliphatic rings. The van der Waals surface area contributed by atoms with Gasteiger partial charge in [0, 0.05) is 65.1 Å². The van der Waals surface area contributed by atoms with E-state index in [1.54, 1.807) is 7.05 Å². The lowest BCUT2D eigenvalue weighted by molar-refractivity contribution is -0.142. The van der Waals surface area contributed by atoms with Gasteiger partial charge in [0.05, 0.1) is 0 Å². The van der Waals surface area contributed by atoms with Crippen molar-refractivity contribution in [2.24, 2.45) is 12.0 Å². The van der Waals surface area contributed by atoms with Crippen LogP contribution in [0.1, 0.15) is 16.8 Å². The molecule has 6 nitrogen and oxygen atoms in total. The Morgan fingerprint density at radius 1 is 1.14 bits per heavy atom. The van der Waals surface area contributed by atoms with Crippen molar-refractivity contribution < 1.29 is 13.2 Å². The lowest BCUT2D eigenvalue weighted by Gasteiger charge is -2.36. The number of nitrogens with one attached hydrogen (secondary N) is 1. The van der Waals surface area contributed by atoms with Gasteiger partial charge in [0.15, 0.2) is 11.7 Å². The Morgan fingerprint density at radius 3 is 2.38 bits per heavy atom. The van der Waals surface area contributed by atoms with Crippen LogP contribution in [0, 0.1) is 0 Å². The van der Waals surface area contributed by atoms with Crippen molar-refractivity contribution >= 4 is 29.9 Å². The van der Waals surface area contributed by atoms with Crippen LogP contribution >= 0.6 is 24.0 Å². The molecule has 29 heavy (non-hydrogen) atoms. The molecule has 10 heteroatoms. The summed E-state index contributed by atoms with van der Waals surface area (Å²) in [5.41, 5.74) is 0.527. The topological polar surface area (TPSA) is 48.7 Å². The van der Waals surface area contributed by atoms with Gasteiger partial charge in [-0.1, -0.05) is 30.3 Å². The maximum absolute atomic E-state index is 13.1. The van der Waals surface area contributed by atoms with Crippen molar-refractivity contribution in [1.82, 2.24) is 24.9 Å². The van der Waals surface area contributed by atoms with Crippen molar-refractivity contribution in [2.75, 3.05) is 33.2 Å². The summed E-state index contributed by atoms with van der Waals surface area (Å²) in [4.78, 5) is 8.68. The first-order valence-electron chi connectivity index (χ1n) is 9.18. The van der Waals surface area contributed by atoms with Crippen LogP contribution in [-0.2, 0) is 26.3 Å². The summed E-state index contributed by atoms with van der Waals surface area (Å²) >= 11 is 0. The number of hydrogen-bond acceptors (Lipinski definition) is 3. The van der Waals surface area contributed by atoms with E-state index in [0.717, 1.165) is 32.7 Å². The van der Waals surface area contributed by atoms with E-state index in [2.05, 4.69) is 37.3 Å². The van der Waals surface area contributed by atoms with Crippen molar-refractivity contribution in [1.29, 1.82) is 0 Å². The number of aryl methyl sites for hydroxylation is 1. The summed E-state index contributed by atoms with van der Waals surface area (Å²) < 4.78 is 40.5. The number of guanidine groups is 1. The summed E-state index contributed by atoms with van der Waals surface area (Å²) in [6.45, 7) is 4.20. The first-order chi connectivity index (χ1) is 13.4. The highest BCUT2D eigenvalue weighted by Gasteiger charge is 2.36. The second kappa shape index (κ2) is 10.3.